The van der Waals surface area contributed by atoms with Crippen LogP contribution in [0.25, 0.3) is 0 Å². The fourth-order valence-corrected chi connectivity index (χ4v) is 5.08. The first-order valence-corrected chi connectivity index (χ1v) is 8.64. The molecule has 2 aliphatic heterocycles. The number of likely N-dealkylation sites (tertiary alicyclic amines) is 1. The molecule has 3 aliphatic rings. The maximum Gasteiger partial charge on any atom is 0.153 e. The Balaban J connectivity index is 1.64. The Kier molecular flexibility index (Phi) is 3.17. The van der Waals surface area contributed by atoms with Gasteiger partial charge in [0.1, 0.15) is 0 Å². The van der Waals surface area contributed by atoms with Crippen molar-refractivity contribution in [3.8, 4) is 0 Å². The largest absolute Gasteiger partial charge is 0.311 e. The molecule has 0 aromatic heterocycles. The topological polar surface area (TPSA) is 49.4 Å². The van der Waals surface area contributed by atoms with Crippen LogP contribution in [-0.2, 0) is 9.84 Å². The zero-order chi connectivity index (χ0) is 11.9. The normalized spacial score (nSPS) is 37.6. The Morgan fingerprint density at radius 1 is 1.12 bits per heavy atom. The van der Waals surface area contributed by atoms with E-state index in [2.05, 4.69) is 10.2 Å². The Labute approximate surface area is 104 Å². The summed E-state index contributed by atoms with van der Waals surface area (Å²) in [7, 11) is -2.81. The molecule has 2 heterocycles. The van der Waals surface area contributed by atoms with Crippen LogP contribution in [-0.4, -0.2) is 56.5 Å². The van der Waals surface area contributed by atoms with Crippen LogP contribution in [0.4, 0.5) is 0 Å². The van der Waals surface area contributed by atoms with E-state index >= 15 is 0 Å². The van der Waals surface area contributed by atoms with E-state index < -0.39 is 9.84 Å². The zero-order valence-electron chi connectivity index (χ0n) is 10.3. The van der Waals surface area contributed by atoms with Gasteiger partial charge in [-0.25, -0.2) is 8.42 Å². The molecule has 1 aliphatic carbocycles. The average Bonchev–Trinajstić information content (AvgIpc) is 2.83. The molecular formula is C12H22N2O2S. The van der Waals surface area contributed by atoms with Crippen LogP contribution in [0.1, 0.15) is 25.7 Å². The summed E-state index contributed by atoms with van der Waals surface area (Å²) in [5, 5.41) is 3.51. The summed E-state index contributed by atoms with van der Waals surface area (Å²) in [4.78, 5) is 2.38. The van der Waals surface area contributed by atoms with Crippen molar-refractivity contribution in [1.82, 2.24) is 10.2 Å². The van der Waals surface area contributed by atoms with E-state index in [1.807, 2.05) is 0 Å². The third kappa shape index (κ3) is 2.83. The van der Waals surface area contributed by atoms with Crippen LogP contribution in [0.2, 0.25) is 0 Å². The number of nitrogens with one attached hydrogen (secondary N) is 1. The van der Waals surface area contributed by atoms with E-state index in [0.29, 0.717) is 11.5 Å². The maximum atomic E-state index is 11.8. The SMILES string of the molecule is O=S1(=O)C[C@@H](NCC2CC2)[C@@H](N2CCCC2)C1. The highest BCUT2D eigenvalue weighted by atomic mass is 32.2. The van der Waals surface area contributed by atoms with Gasteiger partial charge >= 0.3 is 0 Å². The van der Waals surface area contributed by atoms with Gasteiger partial charge < -0.3 is 5.32 Å². The standard InChI is InChI=1S/C12H22N2O2S/c15-17(16)8-11(13-7-10-3-4-10)12(9-17)14-5-1-2-6-14/h10-13H,1-9H2/t11-,12+/m1/s1. The zero-order valence-corrected chi connectivity index (χ0v) is 11.1. The van der Waals surface area contributed by atoms with Gasteiger partial charge in [0.15, 0.2) is 9.84 Å². The van der Waals surface area contributed by atoms with Gasteiger partial charge in [-0.2, -0.15) is 0 Å². The van der Waals surface area contributed by atoms with E-state index in [9.17, 15) is 8.42 Å². The average molecular weight is 258 g/mol. The minimum Gasteiger partial charge on any atom is -0.311 e. The lowest BCUT2D eigenvalue weighted by atomic mass is 10.1. The molecule has 17 heavy (non-hydrogen) atoms. The van der Waals surface area contributed by atoms with Crippen LogP contribution in [0, 0.1) is 5.92 Å². The number of rotatable bonds is 4. The predicted molar refractivity (Wildman–Crippen MR) is 67.8 cm³/mol. The van der Waals surface area contributed by atoms with Crippen LogP contribution in [0.5, 0.6) is 0 Å². The van der Waals surface area contributed by atoms with Crippen molar-refractivity contribution in [3.63, 3.8) is 0 Å². The molecule has 98 valence electrons. The molecule has 1 N–H and O–H groups in total. The van der Waals surface area contributed by atoms with Crippen molar-refractivity contribution in [1.29, 1.82) is 0 Å². The van der Waals surface area contributed by atoms with Gasteiger partial charge in [0.25, 0.3) is 0 Å². The summed E-state index contributed by atoms with van der Waals surface area (Å²) < 4.78 is 23.6. The van der Waals surface area contributed by atoms with Crippen LogP contribution in [0.15, 0.2) is 0 Å². The molecule has 4 nitrogen and oxygen atoms in total. The Bertz CT molecular complexity index is 372. The van der Waals surface area contributed by atoms with Crippen molar-refractivity contribution < 1.29 is 8.42 Å². The van der Waals surface area contributed by atoms with Gasteiger partial charge in [-0.1, -0.05) is 0 Å². The molecular weight excluding hydrogens is 236 g/mol. The molecule has 0 aromatic carbocycles. The molecule has 0 unspecified atom stereocenters. The molecule has 0 radical (unpaired) electrons. The molecule has 0 aromatic rings. The van der Waals surface area contributed by atoms with Crippen molar-refractivity contribution in [2.45, 2.75) is 37.8 Å². The molecule has 2 saturated heterocycles. The molecule has 3 fully saturated rings. The lowest BCUT2D eigenvalue weighted by Gasteiger charge is -2.28. The first-order valence-electron chi connectivity index (χ1n) is 6.82. The molecule has 1 saturated carbocycles. The summed E-state index contributed by atoms with van der Waals surface area (Å²) in [6.07, 6.45) is 5.10. The van der Waals surface area contributed by atoms with E-state index in [4.69, 9.17) is 0 Å². The van der Waals surface area contributed by atoms with E-state index in [1.54, 1.807) is 0 Å². The van der Waals surface area contributed by atoms with Gasteiger partial charge in [-0.3, -0.25) is 4.90 Å². The smallest absolute Gasteiger partial charge is 0.153 e. The minimum absolute atomic E-state index is 0.179. The first-order chi connectivity index (χ1) is 8.14. The molecule has 0 bridgehead atoms. The van der Waals surface area contributed by atoms with Gasteiger partial charge in [0.05, 0.1) is 11.5 Å². The Hall–Kier alpha value is -0.130. The summed E-state index contributed by atoms with van der Waals surface area (Å²) >= 11 is 0. The number of nitrogens with zero attached hydrogens (tertiary/aromatic N) is 1. The third-order valence-electron chi connectivity index (χ3n) is 4.30. The van der Waals surface area contributed by atoms with Gasteiger partial charge in [-0.15, -0.1) is 0 Å². The van der Waals surface area contributed by atoms with Gasteiger partial charge in [-0.05, 0) is 51.2 Å². The fraction of sp³-hybridized carbons (Fsp3) is 1.00. The number of hydrogen-bond donors (Lipinski definition) is 1. The van der Waals surface area contributed by atoms with E-state index in [1.165, 1.54) is 25.7 Å². The van der Waals surface area contributed by atoms with Crippen LogP contribution >= 0.6 is 0 Å². The molecule has 3 rings (SSSR count). The second-order valence-electron chi connectivity index (χ2n) is 5.85. The molecule has 0 amide bonds. The second-order valence-corrected chi connectivity index (χ2v) is 8.00. The van der Waals surface area contributed by atoms with Crippen molar-refractivity contribution in [2.24, 2.45) is 5.92 Å². The number of hydrogen-bond acceptors (Lipinski definition) is 4. The summed E-state index contributed by atoms with van der Waals surface area (Å²) in [5.74, 6) is 1.54. The van der Waals surface area contributed by atoms with Crippen molar-refractivity contribution in [3.05, 3.63) is 0 Å². The fourth-order valence-electron chi connectivity index (χ4n) is 3.10. The van der Waals surface area contributed by atoms with Gasteiger partial charge in [0, 0.05) is 12.1 Å². The highest BCUT2D eigenvalue weighted by Gasteiger charge is 2.41. The molecule has 0 spiro atoms. The summed E-state index contributed by atoms with van der Waals surface area (Å²) in [6.45, 7) is 3.19. The van der Waals surface area contributed by atoms with E-state index in [-0.39, 0.29) is 12.1 Å². The first kappa shape index (κ1) is 11.9. The third-order valence-corrected chi connectivity index (χ3v) is 6.01. The quantitative estimate of drug-likeness (QED) is 0.785. The summed E-state index contributed by atoms with van der Waals surface area (Å²) in [5.41, 5.74) is 0. The highest BCUT2D eigenvalue weighted by molar-refractivity contribution is 7.91. The maximum absolute atomic E-state index is 11.8. The van der Waals surface area contributed by atoms with Crippen LogP contribution < -0.4 is 5.32 Å². The number of sulfone groups is 1. The van der Waals surface area contributed by atoms with E-state index in [0.717, 1.165) is 25.6 Å². The summed E-state index contributed by atoms with van der Waals surface area (Å²) in [6, 6.07) is 0.417. The molecule has 5 heteroatoms. The molecule has 2 atom stereocenters. The van der Waals surface area contributed by atoms with Crippen molar-refractivity contribution >= 4 is 9.84 Å². The second kappa shape index (κ2) is 4.52. The monoisotopic (exact) mass is 258 g/mol. The lowest BCUT2D eigenvalue weighted by molar-refractivity contribution is 0.225. The highest BCUT2D eigenvalue weighted by Crippen LogP contribution is 2.29. The van der Waals surface area contributed by atoms with Crippen molar-refractivity contribution in [2.75, 3.05) is 31.1 Å². The van der Waals surface area contributed by atoms with Gasteiger partial charge in [0.2, 0.25) is 0 Å². The predicted octanol–water partition coefficient (Wildman–Crippen LogP) is 0.247. The Morgan fingerprint density at radius 3 is 2.47 bits per heavy atom. The Morgan fingerprint density at radius 2 is 1.82 bits per heavy atom. The lowest BCUT2D eigenvalue weighted by Crippen LogP contribution is -2.48. The minimum atomic E-state index is -2.81. The van der Waals surface area contributed by atoms with Crippen LogP contribution in [0.3, 0.4) is 0 Å².